The lowest BCUT2D eigenvalue weighted by Crippen LogP contribution is -2.31. The third kappa shape index (κ3) is 4.90. The Bertz CT molecular complexity index is 415. The third-order valence-electron chi connectivity index (χ3n) is 2.94. The van der Waals surface area contributed by atoms with E-state index in [0.29, 0.717) is 18.8 Å². The van der Waals surface area contributed by atoms with Gasteiger partial charge in [0.1, 0.15) is 6.54 Å². The molecule has 0 radical (unpaired) electrons. The van der Waals surface area contributed by atoms with Gasteiger partial charge in [-0.05, 0) is 20.3 Å². The van der Waals surface area contributed by atoms with Gasteiger partial charge < -0.3 is 15.8 Å². The van der Waals surface area contributed by atoms with Crippen LogP contribution < -0.4 is 11.1 Å². The predicted octanol–water partition coefficient (Wildman–Crippen LogP) is 1.02. The average Bonchev–Trinajstić information content (AvgIpc) is 2.61. The zero-order valence-electron chi connectivity index (χ0n) is 12.0. The molecule has 0 aliphatic rings. The number of rotatable bonds is 8. The number of carbonyl (C=O) groups excluding carboxylic acids is 1. The Labute approximate surface area is 114 Å². The van der Waals surface area contributed by atoms with E-state index in [2.05, 4.69) is 17.3 Å². The van der Waals surface area contributed by atoms with Gasteiger partial charge in [-0.15, -0.1) is 0 Å². The van der Waals surface area contributed by atoms with Crippen LogP contribution in [0.3, 0.4) is 0 Å². The van der Waals surface area contributed by atoms with Crippen LogP contribution in [0.4, 0.5) is 5.69 Å². The molecule has 6 nitrogen and oxygen atoms in total. The van der Waals surface area contributed by atoms with Crippen LogP contribution in [-0.2, 0) is 16.1 Å². The second-order valence-electron chi connectivity index (χ2n) is 4.56. The molecule has 1 aromatic heterocycles. The largest absolute Gasteiger partial charge is 0.396 e. The van der Waals surface area contributed by atoms with E-state index in [1.54, 1.807) is 4.68 Å². The van der Waals surface area contributed by atoms with E-state index < -0.39 is 0 Å². The van der Waals surface area contributed by atoms with Crippen LogP contribution in [0, 0.1) is 13.8 Å². The molecule has 0 fully saturated rings. The van der Waals surface area contributed by atoms with E-state index in [4.69, 9.17) is 10.5 Å². The van der Waals surface area contributed by atoms with Crippen molar-refractivity contribution in [3.63, 3.8) is 0 Å². The Morgan fingerprint density at radius 2 is 2.16 bits per heavy atom. The maximum Gasteiger partial charge on any atom is 0.241 e. The summed E-state index contributed by atoms with van der Waals surface area (Å²) >= 11 is 0. The summed E-state index contributed by atoms with van der Waals surface area (Å²) in [7, 11) is 0. The highest BCUT2D eigenvalue weighted by atomic mass is 16.5. The van der Waals surface area contributed by atoms with Gasteiger partial charge in [-0.3, -0.25) is 9.48 Å². The van der Waals surface area contributed by atoms with E-state index in [9.17, 15) is 4.79 Å². The summed E-state index contributed by atoms with van der Waals surface area (Å²) in [5.74, 6) is -0.0790. The van der Waals surface area contributed by atoms with E-state index in [1.807, 2.05) is 13.8 Å². The van der Waals surface area contributed by atoms with E-state index >= 15 is 0 Å². The second kappa shape index (κ2) is 7.78. The maximum absolute atomic E-state index is 11.7. The number of hydrogen-bond donors (Lipinski definition) is 2. The molecule has 6 heteroatoms. The van der Waals surface area contributed by atoms with E-state index in [1.165, 1.54) is 0 Å². The van der Waals surface area contributed by atoms with Gasteiger partial charge in [0.2, 0.25) is 5.91 Å². The Kier molecular flexibility index (Phi) is 6.35. The number of hydrogen-bond acceptors (Lipinski definition) is 4. The quantitative estimate of drug-likeness (QED) is 0.689. The Morgan fingerprint density at radius 1 is 1.42 bits per heavy atom. The van der Waals surface area contributed by atoms with Crippen molar-refractivity contribution >= 4 is 11.6 Å². The summed E-state index contributed by atoms with van der Waals surface area (Å²) in [4.78, 5) is 11.7. The Morgan fingerprint density at radius 3 is 2.74 bits per heavy atom. The molecule has 0 aliphatic carbocycles. The number of nitrogens with one attached hydrogen (secondary N) is 1. The first-order valence-corrected chi connectivity index (χ1v) is 6.70. The molecule has 1 amide bonds. The van der Waals surface area contributed by atoms with Gasteiger partial charge >= 0.3 is 0 Å². The molecule has 0 spiro atoms. The number of aromatic nitrogens is 2. The van der Waals surface area contributed by atoms with Gasteiger partial charge in [0, 0.05) is 13.2 Å². The molecule has 1 aromatic rings. The monoisotopic (exact) mass is 268 g/mol. The molecule has 0 bridgehead atoms. The molecule has 1 rings (SSSR count). The number of nitrogens with zero attached hydrogens (tertiary/aromatic N) is 2. The van der Waals surface area contributed by atoms with Crippen LogP contribution in [0.25, 0.3) is 0 Å². The fourth-order valence-electron chi connectivity index (χ4n) is 1.67. The number of aryl methyl sites for hydroxylation is 1. The highest BCUT2D eigenvalue weighted by molar-refractivity contribution is 5.75. The first-order valence-electron chi connectivity index (χ1n) is 6.70. The number of ether oxygens (including phenoxy) is 1. The summed E-state index contributed by atoms with van der Waals surface area (Å²) < 4.78 is 6.99. The fourth-order valence-corrected chi connectivity index (χ4v) is 1.67. The highest BCUT2D eigenvalue weighted by Crippen LogP contribution is 2.14. The maximum atomic E-state index is 11.7. The Balaban J connectivity index is 2.26. The van der Waals surface area contributed by atoms with E-state index in [0.717, 1.165) is 30.8 Å². The van der Waals surface area contributed by atoms with Gasteiger partial charge in [-0.1, -0.05) is 13.3 Å². The zero-order valence-corrected chi connectivity index (χ0v) is 12.0. The minimum atomic E-state index is -0.0790. The van der Waals surface area contributed by atoms with E-state index in [-0.39, 0.29) is 12.5 Å². The molecular formula is C13H24N4O2. The molecule has 3 N–H and O–H groups in total. The van der Waals surface area contributed by atoms with Crippen molar-refractivity contribution in [1.82, 2.24) is 15.1 Å². The number of nitrogen functional groups attached to an aromatic ring is 1. The first-order chi connectivity index (χ1) is 9.06. The molecular weight excluding hydrogens is 244 g/mol. The molecule has 0 aliphatic heterocycles. The molecule has 1 heterocycles. The molecule has 0 aromatic carbocycles. The summed E-state index contributed by atoms with van der Waals surface area (Å²) in [5.41, 5.74) is 8.04. The number of anilines is 1. The molecule has 0 unspecified atom stereocenters. The standard InChI is InChI=1S/C13H24N4O2/c1-4-5-7-19-8-6-15-12(18)9-17-11(3)13(14)10(2)16-17/h4-9,14H2,1-3H3,(H,15,18). The lowest BCUT2D eigenvalue weighted by molar-refractivity contribution is -0.122. The van der Waals surface area contributed by atoms with Crippen molar-refractivity contribution < 1.29 is 9.53 Å². The summed E-state index contributed by atoms with van der Waals surface area (Å²) in [6.07, 6.45) is 2.17. The SMILES string of the molecule is CCCCOCCNC(=O)Cn1nc(C)c(N)c1C. The van der Waals surface area contributed by atoms with Crippen LogP contribution in [0.15, 0.2) is 0 Å². The number of carbonyl (C=O) groups is 1. The van der Waals surface area contributed by atoms with Gasteiger partial charge in [0.05, 0.1) is 23.7 Å². The van der Waals surface area contributed by atoms with Crippen molar-refractivity contribution in [2.45, 2.75) is 40.2 Å². The van der Waals surface area contributed by atoms with Crippen molar-refractivity contribution in [3.05, 3.63) is 11.4 Å². The summed E-state index contributed by atoms with van der Waals surface area (Å²) in [6.45, 7) is 7.82. The van der Waals surface area contributed by atoms with Crippen LogP contribution in [0.1, 0.15) is 31.2 Å². The van der Waals surface area contributed by atoms with Gasteiger partial charge in [0.25, 0.3) is 0 Å². The van der Waals surface area contributed by atoms with Crippen molar-refractivity contribution in [3.8, 4) is 0 Å². The molecule has 19 heavy (non-hydrogen) atoms. The van der Waals surface area contributed by atoms with Crippen LogP contribution in [0.2, 0.25) is 0 Å². The number of unbranched alkanes of at least 4 members (excludes halogenated alkanes) is 1. The molecule has 108 valence electrons. The second-order valence-corrected chi connectivity index (χ2v) is 4.56. The lowest BCUT2D eigenvalue weighted by Gasteiger charge is -2.07. The minimum Gasteiger partial charge on any atom is -0.396 e. The van der Waals surface area contributed by atoms with Crippen molar-refractivity contribution in [2.75, 3.05) is 25.5 Å². The third-order valence-corrected chi connectivity index (χ3v) is 2.94. The summed E-state index contributed by atoms with van der Waals surface area (Å²) in [5, 5.41) is 7.02. The lowest BCUT2D eigenvalue weighted by atomic mass is 10.3. The van der Waals surface area contributed by atoms with Gasteiger partial charge in [0.15, 0.2) is 0 Å². The zero-order chi connectivity index (χ0) is 14.3. The number of nitrogens with two attached hydrogens (primary N) is 1. The molecule has 0 atom stereocenters. The minimum absolute atomic E-state index is 0.0790. The smallest absolute Gasteiger partial charge is 0.241 e. The molecule has 0 saturated heterocycles. The first kappa shape index (κ1) is 15.5. The normalized spacial score (nSPS) is 10.7. The van der Waals surface area contributed by atoms with Crippen molar-refractivity contribution in [2.24, 2.45) is 0 Å². The van der Waals surface area contributed by atoms with Crippen LogP contribution in [0.5, 0.6) is 0 Å². The van der Waals surface area contributed by atoms with Crippen molar-refractivity contribution in [1.29, 1.82) is 0 Å². The van der Waals surface area contributed by atoms with Gasteiger partial charge in [-0.2, -0.15) is 5.10 Å². The van der Waals surface area contributed by atoms with Crippen LogP contribution >= 0.6 is 0 Å². The average molecular weight is 268 g/mol. The van der Waals surface area contributed by atoms with Crippen LogP contribution in [-0.4, -0.2) is 35.4 Å². The Hall–Kier alpha value is -1.56. The fraction of sp³-hybridized carbons (Fsp3) is 0.692. The predicted molar refractivity (Wildman–Crippen MR) is 74.9 cm³/mol. The van der Waals surface area contributed by atoms with Gasteiger partial charge in [-0.25, -0.2) is 0 Å². The number of amides is 1. The highest BCUT2D eigenvalue weighted by Gasteiger charge is 2.10. The summed E-state index contributed by atoms with van der Waals surface area (Å²) in [6, 6.07) is 0. The topological polar surface area (TPSA) is 82.2 Å². The molecule has 0 saturated carbocycles.